The molecule has 0 N–H and O–H groups in total. The van der Waals surface area contributed by atoms with E-state index < -0.39 is 11.4 Å². The first-order chi connectivity index (χ1) is 11.2. The van der Waals surface area contributed by atoms with E-state index in [1.807, 2.05) is 6.92 Å². The van der Waals surface area contributed by atoms with E-state index in [0.717, 1.165) is 19.3 Å². The molecule has 23 heavy (non-hydrogen) atoms. The summed E-state index contributed by atoms with van der Waals surface area (Å²) in [4.78, 5) is 12.0. The fraction of sp³-hybridized carbons (Fsp3) is 0.526. The summed E-state index contributed by atoms with van der Waals surface area (Å²) < 4.78 is 25.2. The summed E-state index contributed by atoms with van der Waals surface area (Å²) in [5, 5.41) is 0.547. The summed E-state index contributed by atoms with van der Waals surface area (Å²) in [5.41, 5.74) is -0.628. The van der Waals surface area contributed by atoms with Gasteiger partial charge >= 0.3 is 5.63 Å². The molecule has 0 amide bonds. The molecule has 0 aliphatic carbocycles. The Balaban J connectivity index is 2.11. The van der Waals surface area contributed by atoms with Crippen LogP contribution in [0.25, 0.3) is 10.8 Å². The number of ether oxygens (including phenoxy) is 1. The highest BCUT2D eigenvalue weighted by Gasteiger charge is 2.14. The van der Waals surface area contributed by atoms with Gasteiger partial charge in [0.2, 0.25) is 0 Å². The maximum atomic E-state index is 14.5. The molecule has 0 saturated carbocycles. The van der Waals surface area contributed by atoms with Crippen molar-refractivity contribution in [1.29, 1.82) is 0 Å². The molecule has 0 aliphatic rings. The third kappa shape index (κ3) is 4.57. The zero-order valence-electron chi connectivity index (χ0n) is 14.0. The van der Waals surface area contributed by atoms with Crippen molar-refractivity contribution in [2.24, 2.45) is 0 Å². The van der Waals surface area contributed by atoms with Gasteiger partial charge in [0, 0.05) is 6.42 Å². The number of hydrogen-bond donors (Lipinski definition) is 0. The van der Waals surface area contributed by atoms with E-state index in [-0.39, 0.29) is 11.1 Å². The molecule has 1 aromatic carbocycles. The third-order valence-corrected chi connectivity index (χ3v) is 3.89. The van der Waals surface area contributed by atoms with Crippen molar-refractivity contribution in [3.63, 3.8) is 0 Å². The number of halogens is 1. The highest BCUT2D eigenvalue weighted by Crippen LogP contribution is 2.25. The quantitative estimate of drug-likeness (QED) is 0.594. The van der Waals surface area contributed by atoms with Crippen molar-refractivity contribution in [3.05, 3.63) is 40.2 Å². The van der Waals surface area contributed by atoms with Gasteiger partial charge in [-0.05, 0) is 30.4 Å². The van der Waals surface area contributed by atoms with Crippen LogP contribution in [-0.2, 0) is 6.42 Å². The molecule has 4 heteroatoms. The van der Waals surface area contributed by atoms with Crippen molar-refractivity contribution in [2.75, 3.05) is 6.61 Å². The van der Waals surface area contributed by atoms with Gasteiger partial charge in [0.25, 0.3) is 0 Å². The lowest BCUT2D eigenvalue weighted by atomic mass is 10.1. The molecule has 0 saturated heterocycles. The van der Waals surface area contributed by atoms with E-state index >= 15 is 0 Å². The average molecular weight is 320 g/mol. The second kappa shape index (κ2) is 8.70. The fourth-order valence-corrected chi connectivity index (χ4v) is 2.64. The Bertz CT molecular complexity index is 691. The zero-order chi connectivity index (χ0) is 16.7. The Labute approximate surface area is 136 Å². The summed E-state index contributed by atoms with van der Waals surface area (Å²) in [6, 6.07) is 5.05. The molecule has 2 rings (SSSR count). The maximum absolute atomic E-state index is 14.5. The molecule has 0 fully saturated rings. The maximum Gasteiger partial charge on any atom is 0.346 e. The van der Waals surface area contributed by atoms with Crippen LogP contribution < -0.4 is 10.4 Å². The van der Waals surface area contributed by atoms with Crippen LogP contribution in [0.15, 0.2) is 27.4 Å². The lowest BCUT2D eigenvalue weighted by Gasteiger charge is -2.09. The van der Waals surface area contributed by atoms with Crippen molar-refractivity contribution in [2.45, 2.75) is 58.8 Å². The third-order valence-electron chi connectivity index (χ3n) is 3.89. The van der Waals surface area contributed by atoms with Gasteiger partial charge in [-0.25, -0.2) is 9.18 Å². The average Bonchev–Trinajstić information content (AvgIpc) is 2.52. The molecule has 0 spiro atoms. The van der Waals surface area contributed by atoms with E-state index in [1.54, 1.807) is 18.2 Å². The van der Waals surface area contributed by atoms with Crippen molar-refractivity contribution < 1.29 is 13.5 Å². The fourth-order valence-electron chi connectivity index (χ4n) is 2.64. The Morgan fingerprint density at radius 3 is 2.61 bits per heavy atom. The molecule has 126 valence electrons. The highest BCUT2D eigenvalue weighted by molar-refractivity contribution is 5.83. The largest absolute Gasteiger partial charge is 0.490 e. The van der Waals surface area contributed by atoms with Crippen molar-refractivity contribution >= 4 is 10.8 Å². The van der Waals surface area contributed by atoms with E-state index in [0.29, 0.717) is 24.2 Å². The normalized spacial score (nSPS) is 11.1. The van der Waals surface area contributed by atoms with Crippen LogP contribution in [0.2, 0.25) is 0 Å². The van der Waals surface area contributed by atoms with Crippen LogP contribution >= 0.6 is 0 Å². The van der Waals surface area contributed by atoms with Crippen LogP contribution in [0.3, 0.4) is 0 Å². The van der Waals surface area contributed by atoms with E-state index in [1.165, 1.54) is 19.3 Å². The summed E-state index contributed by atoms with van der Waals surface area (Å²) in [7, 11) is 0. The topological polar surface area (TPSA) is 39.4 Å². The molecular formula is C19H25FO3. The monoisotopic (exact) mass is 320 g/mol. The second-order valence-corrected chi connectivity index (χ2v) is 5.85. The van der Waals surface area contributed by atoms with Crippen LogP contribution in [0.1, 0.15) is 58.1 Å². The Morgan fingerprint density at radius 2 is 1.87 bits per heavy atom. The predicted molar refractivity (Wildman–Crippen MR) is 90.7 cm³/mol. The minimum atomic E-state index is -0.628. The number of hydrogen-bond acceptors (Lipinski definition) is 3. The van der Waals surface area contributed by atoms with Gasteiger partial charge in [-0.1, -0.05) is 45.6 Å². The highest BCUT2D eigenvalue weighted by atomic mass is 19.1. The number of aryl methyl sites for hydroxylation is 1. The Kier molecular flexibility index (Phi) is 6.63. The van der Waals surface area contributed by atoms with Gasteiger partial charge in [-0.2, -0.15) is 0 Å². The smallest absolute Gasteiger partial charge is 0.346 e. The predicted octanol–water partition coefficient (Wildman–Crippen LogP) is 5.23. The summed E-state index contributed by atoms with van der Waals surface area (Å²) in [6.45, 7) is 4.63. The first-order valence-electron chi connectivity index (χ1n) is 8.55. The second-order valence-electron chi connectivity index (χ2n) is 5.85. The van der Waals surface area contributed by atoms with E-state index in [2.05, 4.69) is 6.92 Å². The molecular weight excluding hydrogens is 295 g/mol. The minimum absolute atomic E-state index is 0.0201. The zero-order valence-corrected chi connectivity index (χ0v) is 14.0. The standard InChI is InChI=1S/C19H25FO3/c1-3-5-6-7-8-12-22-16-11-10-14-13-15(9-4-2)23-19(21)17(14)18(16)20/h10-11,13H,3-9,12H2,1-2H3. The number of fused-ring (bicyclic) bond motifs is 1. The van der Waals surface area contributed by atoms with Gasteiger partial charge in [0.05, 0.1) is 6.61 Å². The lowest BCUT2D eigenvalue weighted by Crippen LogP contribution is -2.07. The first-order valence-corrected chi connectivity index (χ1v) is 8.55. The van der Waals surface area contributed by atoms with Gasteiger partial charge in [-0.15, -0.1) is 0 Å². The van der Waals surface area contributed by atoms with Crippen molar-refractivity contribution in [3.8, 4) is 5.75 Å². The Hall–Kier alpha value is -1.84. The van der Waals surface area contributed by atoms with Crippen LogP contribution in [0, 0.1) is 5.82 Å². The molecule has 1 heterocycles. The van der Waals surface area contributed by atoms with Gasteiger partial charge in [-0.3, -0.25) is 0 Å². The van der Waals surface area contributed by atoms with Gasteiger partial charge in [0.1, 0.15) is 11.1 Å². The molecule has 1 aromatic heterocycles. The molecule has 2 aromatic rings. The van der Waals surface area contributed by atoms with Crippen LogP contribution in [0.4, 0.5) is 4.39 Å². The van der Waals surface area contributed by atoms with Crippen molar-refractivity contribution in [1.82, 2.24) is 0 Å². The molecule has 0 unspecified atom stereocenters. The first kappa shape index (κ1) is 17.5. The number of rotatable bonds is 9. The number of benzene rings is 1. The minimum Gasteiger partial charge on any atom is -0.490 e. The molecule has 3 nitrogen and oxygen atoms in total. The summed E-state index contributed by atoms with van der Waals surface area (Å²) >= 11 is 0. The summed E-state index contributed by atoms with van der Waals surface area (Å²) in [6.07, 6.45) is 7.08. The molecule has 0 atom stereocenters. The molecule has 0 radical (unpaired) electrons. The van der Waals surface area contributed by atoms with Gasteiger partial charge < -0.3 is 9.15 Å². The van der Waals surface area contributed by atoms with E-state index in [4.69, 9.17) is 9.15 Å². The van der Waals surface area contributed by atoms with E-state index in [9.17, 15) is 9.18 Å². The number of unbranched alkanes of at least 4 members (excludes halogenated alkanes) is 4. The summed E-state index contributed by atoms with van der Waals surface area (Å²) in [5.74, 6) is 0.102. The Morgan fingerprint density at radius 1 is 1.09 bits per heavy atom. The van der Waals surface area contributed by atoms with Gasteiger partial charge in [0.15, 0.2) is 11.6 Å². The lowest BCUT2D eigenvalue weighted by molar-refractivity contribution is 0.291. The van der Waals surface area contributed by atoms with Crippen LogP contribution in [-0.4, -0.2) is 6.61 Å². The van der Waals surface area contributed by atoms with Crippen LogP contribution in [0.5, 0.6) is 5.75 Å². The molecule has 0 aliphatic heterocycles. The molecule has 0 bridgehead atoms. The SMILES string of the molecule is CCCCCCCOc1ccc2cc(CCC)oc(=O)c2c1F.